The highest BCUT2D eigenvalue weighted by Gasteiger charge is 1.97. The summed E-state index contributed by atoms with van der Waals surface area (Å²) < 4.78 is 10.0. The zero-order chi connectivity index (χ0) is 9.40. The number of ether oxygens (including phenoxy) is 2. The summed E-state index contributed by atoms with van der Waals surface area (Å²) in [6.45, 7) is 2.00. The predicted molar refractivity (Wildman–Crippen MR) is 46.7 cm³/mol. The number of para-hydroxylation sites is 2. The second kappa shape index (κ2) is 6.22. The Labute approximate surface area is 71.9 Å². The first-order valence-electron chi connectivity index (χ1n) is 3.34. The Bertz CT molecular complexity index is 200. The van der Waals surface area contributed by atoms with Crippen molar-refractivity contribution in [1.29, 1.82) is 0 Å². The summed E-state index contributed by atoms with van der Waals surface area (Å²) >= 11 is 0. The van der Waals surface area contributed by atoms with Crippen LogP contribution in [0, 0.1) is 0 Å². The van der Waals surface area contributed by atoms with Crippen molar-refractivity contribution in [1.82, 2.24) is 0 Å². The number of carbonyl (C=O) groups excluding carboxylic acids is 1. The standard InChI is InChI=1S/C8H10O2.CH2O/c1-9-7-5-3-4-6-8(7)10-2;1-2/h3-6H,1-2H3;1H2. The van der Waals surface area contributed by atoms with Crippen LogP contribution < -0.4 is 9.47 Å². The molecule has 0 atom stereocenters. The van der Waals surface area contributed by atoms with E-state index in [0.29, 0.717) is 0 Å². The molecule has 0 radical (unpaired) electrons. The van der Waals surface area contributed by atoms with Gasteiger partial charge in [-0.05, 0) is 12.1 Å². The number of rotatable bonds is 2. The molecule has 1 rings (SSSR count). The highest BCUT2D eigenvalue weighted by atomic mass is 16.5. The topological polar surface area (TPSA) is 35.5 Å². The smallest absolute Gasteiger partial charge is 0.160 e. The fourth-order valence-corrected chi connectivity index (χ4v) is 0.787. The van der Waals surface area contributed by atoms with E-state index in [4.69, 9.17) is 14.3 Å². The van der Waals surface area contributed by atoms with E-state index < -0.39 is 0 Å². The maximum absolute atomic E-state index is 8.00. The summed E-state index contributed by atoms with van der Waals surface area (Å²) in [5.41, 5.74) is 0. The van der Waals surface area contributed by atoms with Crippen molar-refractivity contribution in [2.24, 2.45) is 0 Å². The molecule has 0 spiro atoms. The molecule has 3 heteroatoms. The Balaban J connectivity index is 0.000000561. The van der Waals surface area contributed by atoms with Crippen LogP contribution >= 0.6 is 0 Å². The molecular weight excluding hydrogens is 156 g/mol. The first-order valence-corrected chi connectivity index (χ1v) is 3.34. The fraction of sp³-hybridized carbons (Fsp3) is 0.222. The molecule has 0 amide bonds. The average molecular weight is 168 g/mol. The molecule has 0 aliphatic carbocycles. The van der Waals surface area contributed by atoms with E-state index in [0.717, 1.165) is 11.5 Å². The molecule has 0 N–H and O–H groups in total. The molecule has 1 aromatic carbocycles. The Kier molecular flexibility index (Phi) is 5.43. The first-order chi connectivity index (χ1) is 5.88. The van der Waals surface area contributed by atoms with Crippen LogP contribution in [-0.2, 0) is 4.79 Å². The molecule has 0 aliphatic rings. The summed E-state index contributed by atoms with van der Waals surface area (Å²) in [6.07, 6.45) is 0. The zero-order valence-electron chi connectivity index (χ0n) is 7.24. The number of benzene rings is 1. The molecule has 12 heavy (non-hydrogen) atoms. The number of hydrogen-bond donors (Lipinski definition) is 0. The van der Waals surface area contributed by atoms with Gasteiger partial charge in [0, 0.05) is 0 Å². The SMILES string of the molecule is C=O.COc1ccccc1OC. The zero-order valence-corrected chi connectivity index (χ0v) is 7.24. The van der Waals surface area contributed by atoms with Crippen LogP contribution in [0.2, 0.25) is 0 Å². The summed E-state index contributed by atoms with van der Waals surface area (Å²) in [6, 6.07) is 7.53. The maximum Gasteiger partial charge on any atom is 0.160 e. The van der Waals surface area contributed by atoms with Crippen LogP contribution in [0.1, 0.15) is 0 Å². The quantitative estimate of drug-likeness (QED) is 0.671. The van der Waals surface area contributed by atoms with Crippen LogP contribution in [0.5, 0.6) is 11.5 Å². The van der Waals surface area contributed by atoms with Crippen molar-refractivity contribution in [3.63, 3.8) is 0 Å². The van der Waals surface area contributed by atoms with Crippen LogP contribution in [0.25, 0.3) is 0 Å². The monoisotopic (exact) mass is 168 g/mol. The molecule has 0 saturated heterocycles. The highest BCUT2D eigenvalue weighted by Crippen LogP contribution is 2.24. The lowest BCUT2D eigenvalue weighted by atomic mass is 10.3. The largest absolute Gasteiger partial charge is 0.493 e. The molecule has 0 saturated carbocycles. The van der Waals surface area contributed by atoms with Gasteiger partial charge in [-0.15, -0.1) is 0 Å². The van der Waals surface area contributed by atoms with Gasteiger partial charge in [0.1, 0.15) is 6.79 Å². The molecule has 0 fully saturated rings. The van der Waals surface area contributed by atoms with Gasteiger partial charge in [-0.2, -0.15) is 0 Å². The van der Waals surface area contributed by atoms with Gasteiger partial charge in [0.05, 0.1) is 14.2 Å². The third-order valence-electron chi connectivity index (χ3n) is 1.29. The lowest BCUT2D eigenvalue weighted by Gasteiger charge is -2.04. The van der Waals surface area contributed by atoms with Gasteiger partial charge in [-0.3, -0.25) is 0 Å². The molecule has 0 unspecified atom stereocenters. The predicted octanol–water partition coefficient (Wildman–Crippen LogP) is 1.52. The van der Waals surface area contributed by atoms with Gasteiger partial charge >= 0.3 is 0 Å². The van der Waals surface area contributed by atoms with E-state index in [9.17, 15) is 0 Å². The Morgan fingerprint density at radius 1 is 1.00 bits per heavy atom. The average Bonchev–Trinajstić information content (AvgIpc) is 2.20. The number of methoxy groups -OCH3 is 2. The molecule has 3 nitrogen and oxygen atoms in total. The fourth-order valence-electron chi connectivity index (χ4n) is 0.787. The lowest BCUT2D eigenvalue weighted by molar-refractivity contribution is -0.0979. The van der Waals surface area contributed by atoms with Crippen molar-refractivity contribution < 1.29 is 14.3 Å². The maximum atomic E-state index is 8.00. The van der Waals surface area contributed by atoms with Crippen molar-refractivity contribution in [2.45, 2.75) is 0 Å². The summed E-state index contributed by atoms with van der Waals surface area (Å²) in [4.78, 5) is 8.00. The van der Waals surface area contributed by atoms with Crippen molar-refractivity contribution in [3.05, 3.63) is 24.3 Å². The highest BCUT2D eigenvalue weighted by molar-refractivity contribution is 5.38. The Hall–Kier alpha value is -1.51. The third kappa shape index (κ3) is 2.62. The molecule has 1 aromatic rings. The van der Waals surface area contributed by atoms with E-state index >= 15 is 0 Å². The van der Waals surface area contributed by atoms with E-state index in [1.807, 2.05) is 31.1 Å². The van der Waals surface area contributed by atoms with Gasteiger partial charge in [0.15, 0.2) is 11.5 Å². The second-order valence-electron chi connectivity index (χ2n) is 1.85. The Morgan fingerprint density at radius 2 is 1.33 bits per heavy atom. The van der Waals surface area contributed by atoms with Gasteiger partial charge in [0.25, 0.3) is 0 Å². The van der Waals surface area contributed by atoms with Gasteiger partial charge in [0.2, 0.25) is 0 Å². The van der Waals surface area contributed by atoms with Crippen LogP contribution in [0.15, 0.2) is 24.3 Å². The normalized spacial score (nSPS) is 7.83. The van der Waals surface area contributed by atoms with E-state index in [-0.39, 0.29) is 0 Å². The minimum atomic E-state index is 0.769. The molecule has 0 aliphatic heterocycles. The van der Waals surface area contributed by atoms with Crippen LogP contribution in [0.3, 0.4) is 0 Å². The van der Waals surface area contributed by atoms with Gasteiger partial charge in [-0.25, -0.2) is 0 Å². The summed E-state index contributed by atoms with van der Waals surface area (Å²) in [5, 5.41) is 0. The molecule has 0 aromatic heterocycles. The minimum absolute atomic E-state index is 0.769. The van der Waals surface area contributed by atoms with Crippen LogP contribution in [0.4, 0.5) is 0 Å². The van der Waals surface area contributed by atoms with E-state index in [1.165, 1.54) is 0 Å². The van der Waals surface area contributed by atoms with Gasteiger partial charge < -0.3 is 14.3 Å². The number of carbonyl (C=O) groups is 1. The van der Waals surface area contributed by atoms with Crippen LogP contribution in [-0.4, -0.2) is 21.0 Å². The second-order valence-corrected chi connectivity index (χ2v) is 1.85. The van der Waals surface area contributed by atoms with E-state index in [1.54, 1.807) is 14.2 Å². The molecule has 0 heterocycles. The molecule has 66 valence electrons. The Morgan fingerprint density at radius 3 is 1.58 bits per heavy atom. The molecule has 0 bridgehead atoms. The minimum Gasteiger partial charge on any atom is -0.493 e. The third-order valence-corrected chi connectivity index (χ3v) is 1.29. The van der Waals surface area contributed by atoms with E-state index in [2.05, 4.69) is 0 Å². The number of hydrogen-bond acceptors (Lipinski definition) is 3. The van der Waals surface area contributed by atoms with Crippen molar-refractivity contribution >= 4 is 6.79 Å². The first kappa shape index (κ1) is 10.5. The molecular formula is C9H12O3. The van der Waals surface area contributed by atoms with Crippen molar-refractivity contribution in [3.8, 4) is 11.5 Å². The van der Waals surface area contributed by atoms with Gasteiger partial charge in [-0.1, -0.05) is 12.1 Å². The van der Waals surface area contributed by atoms with Crippen molar-refractivity contribution in [2.75, 3.05) is 14.2 Å². The summed E-state index contributed by atoms with van der Waals surface area (Å²) in [5.74, 6) is 1.54. The summed E-state index contributed by atoms with van der Waals surface area (Å²) in [7, 11) is 3.25. The lowest BCUT2D eigenvalue weighted by Crippen LogP contribution is -1.88.